The maximum atomic E-state index is 12.4. The van der Waals surface area contributed by atoms with E-state index in [9.17, 15) is 9.59 Å². The van der Waals surface area contributed by atoms with Gasteiger partial charge in [0.2, 0.25) is 5.91 Å². The highest BCUT2D eigenvalue weighted by Gasteiger charge is 2.23. The number of rotatable bonds is 6. The van der Waals surface area contributed by atoms with Gasteiger partial charge in [0.25, 0.3) is 0 Å². The van der Waals surface area contributed by atoms with E-state index in [2.05, 4.69) is 25.2 Å². The van der Waals surface area contributed by atoms with E-state index in [4.69, 9.17) is 4.74 Å². The Bertz CT molecular complexity index is 834. The smallest absolute Gasteiger partial charge is 0.341 e. The molecule has 0 bridgehead atoms. The number of hydrogen-bond donors (Lipinski definition) is 1. The Kier molecular flexibility index (Phi) is 6.32. The molecule has 0 spiro atoms. The van der Waals surface area contributed by atoms with Gasteiger partial charge in [0, 0.05) is 17.4 Å². The molecule has 1 aliphatic carbocycles. The van der Waals surface area contributed by atoms with Crippen LogP contribution in [-0.4, -0.2) is 19.0 Å². The fourth-order valence-electron chi connectivity index (χ4n) is 3.70. The van der Waals surface area contributed by atoms with Crippen LogP contribution in [0.1, 0.15) is 60.0 Å². The first-order chi connectivity index (χ1) is 13.0. The zero-order valence-electron chi connectivity index (χ0n) is 16.3. The molecule has 0 radical (unpaired) electrons. The van der Waals surface area contributed by atoms with E-state index in [0.717, 1.165) is 23.1 Å². The third-order valence-electron chi connectivity index (χ3n) is 5.51. The number of methoxy groups -OCH3 is 1. The topological polar surface area (TPSA) is 55.4 Å². The maximum Gasteiger partial charge on any atom is 0.341 e. The number of hydrogen-bond acceptors (Lipinski definition) is 4. The van der Waals surface area contributed by atoms with Crippen molar-refractivity contribution in [1.29, 1.82) is 0 Å². The normalized spacial score (nSPS) is 14.3. The van der Waals surface area contributed by atoms with Crippen molar-refractivity contribution in [3.05, 3.63) is 40.3 Å². The van der Waals surface area contributed by atoms with Gasteiger partial charge in [0.15, 0.2) is 0 Å². The van der Waals surface area contributed by atoms with Gasteiger partial charge in [-0.15, -0.1) is 11.3 Å². The first-order valence-electron chi connectivity index (χ1n) is 9.57. The SMILES string of the molecule is COC(=O)c1c(-c2ccc(C)c(C)c2)csc1NC(=O)CCC1CCCC1. The highest BCUT2D eigenvalue weighted by atomic mass is 32.1. The molecule has 1 aromatic heterocycles. The first-order valence-corrected chi connectivity index (χ1v) is 10.4. The van der Waals surface area contributed by atoms with Crippen molar-refractivity contribution in [3.8, 4) is 11.1 Å². The monoisotopic (exact) mass is 385 g/mol. The quantitative estimate of drug-likeness (QED) is 0.646. The van der Waals surface area contributed by atoms with Crippen LogP contribution in [0.15, 0.2) is 23.6 Å². The molecule has 4 nitrogen and oxygen atoms in total. The van der Waals surface area contributed by atoms with Gasteiger partial charge in [0.1, 0.15) is 10.6 Å². The molecule has 2 aromatic rings. The minimum absolute atomic E-state index is 0.0273. The van der Waals surface area contributed by atoms with E-state index in [-0.39, 0.29) is 5.91 Å². The summed E-state index contributed by atoms with van der Waals surface area (Å²) in [5, 5.41) is 5.44. The second-order valence-electron chi connectivity index (χ2n) is 7.38. The summed E-state index contributed by atoms with van der Waals surface area (Å²) < 4.78 is 4.99. The van der Waals surface area contributed by atoms with Crippen LogP contribution in [0.5, 0.6) is 0 Å². The van der Waals surface area contributed by atoms with Gasteiger partial charge in [-0.25, -0.2) is 4.79 Å². The molecule has 1 saturated carbocycles. The summed E-state index contributed by atoms with van der Waals surface area (Å²) in [5.74, 6) is 0.223. The molecular weight excluding hydrogens is 358 g/mol. The van der Waals surface area contributed by atoms with Crippen LogP contribution in [0.4, 0.5) is 5.00 Å². The minimum Gasteiger partial charge on any atom is -0.465 e. The van der Waals surface area contributed by atoms with Gasteiger partial charge in [-0.2, -0.15) is 0 Å². The molecule has 0 saturated heterocycles. The van der Waals surface area contributed by atoms with Crippen LogP contribution in [0.3, 0.4) is 0 Å². The molecule has 1 fully saturated rings. The van der Waals surface area contributed by atoms with E-state index < -0.39 is 5.97 Å². The van der Waals surface area contributed by atoms with Crippen molar-refractivity contribution < 1.29 is 14.3 Å². The molecular formula is C22H27NO3S. The number of amides is 1. The van der Waals surface area contributed by atoms with Gasteiger partial charge >= 0.3 is 5.97 Å². The zero-order valence-corrected chi connectivity index (χ0v) is 17.1. The number of carbonyl (C=O) groups is 2. The Morgan fingerprint density at radius 3 is 2.59 bits per heavy atom. The van der Waals surface area contributed by atoms with Crippen molar-refractivity contribution in [2.75, 3.05) is 12.4 Å². The molecule has 1 N–H and O–H groups in total. The molecule has 0 atom stereocenters. The van der Waals surface area contributed by atoms with E-state index in [0.29, 0.717) is 22.9 Å². The third kappa shape index (κ3) is 4.59. The van der Waals surface area contributed by atoms with E-state index >= 15 is 0 Å². The van der Waals surface area contributed by atoms with Crippen molar-refractivity contribution in [2.24, 2.45) is 5.92 Å². The average molecular weight is 386 g/mol. The second kappa shape index (κ2) is 8.70. The van der Waals surface area contributed by atoms with Gasteiger partial charge in [-0.1, -0.05) is 43.9 Å². The van der Waals surface area contributed by atoms with Crippen LogP contribution >= 0.6 is 11.3 Å². The Morgan fingerprint density at radius 2 is 1.93 bits per heavy atom. The van der Waals surface area contributed by atoms with Crippen LogP contribution in [0.25, 0.3) is 11.1 Å². The number of benzene rings is 1. The lowest BCUT2D eigenvalue weighted by Gasteiger charge is -2.10. The number of aryl methyl sites for hydroxylation is 2. The predicted molar refractivity (Wildman–Crippen MR) is 110 cm³/mol. The third-order valence-corrected chi connectivity index (χ3v) is 6.40. The molecule has 1 aliphatic rings. The van der Waals surface area contributed by atoms with Gasteiger partial charge < -0.3 is 10.1 Å². The molecule has 5 heteroatoms. The summed E-state index contributed by atoms with van der Waals surface area (Å²) in [6.07, 6.45) is 6.45. The second-order valence-corrected chi connectivity index (χ2v) is 8.26. The Balaban J connectivity index is 1.80. The number of carbonyl (C=O) groups excluding carboxylic acids is 2. The van der Waals surface area contributed by atoms with Gasteiger partial charge in [0.05, 0.1) is 7.11 Å². The lowest BCUT2D eigenvalue weighted by atomic mass is 9.99. The summed E-state index contributed by atoms with van der Waals surface area (Å²) >= 11 is 1.38. The van der Waals surface area contributed by atoms with Crippen LogP contribution in [0.2, 0.25) is 0 Å². The highest BCUT2D eigenvalue weighted by Crippen LogP contribution is 2.37. The molecule has 27 heavy (non-hydrogen) atoms. The van der Waals surface area contributed by atoms with Crippen molar-refractivity contribution >= 4 is 28.2 Å². The lowest BCUT2D eigenvalue weighted by molar-refractivity contribution is -0.116. The summed E-state index contributed by atoms with van der Waals surface area (Å²) in [7, 11) is 1.37. The fraction of sp³-hybridized carbons (Fsp3) is 0.455. The predicted octanol–water partition coefficient (Wildman–Crippen LogP) is 5.73. The molecule has 1 aromatic carbocycles. The maximum absolute atomic E-state index is 12.4. The molecule has 0 aliphatic heterocycles. The minimum atomic E-state index is -0.421. The fourth-order valence-corrected chi connectivity index (χ4v) is 4.67. The zero-order chi connectivity index (χ0) is 19.4. The van der Waals surface area contributed by atoms with Crippen molar-refractivity contribution in [1.82, 2.24) is 0 Å². The van der Waals surface area contributed by atoms with Crippen LogP contribution in [-0.2, 0) is 9.53 Å². The summed E-state index contributed by atoms with van der Waals surface area (Å²) in [6, 6.07) is 6.11. The van der Waals surface area contributed by atoms with E-state index in [1.807, 2.05) is 17.5 Å². The molecule has 0 unspecified atom stereocenters. The van der Waals surface area contributed by atoms with Gasteiger partial charge in [-0.3, -0.25) is 4.79 Å². The summed E-state index contributed by atoms with van der Waals surface area (Å²) in [6.45, 7) is 4.11. The standard InChI is InChI=1S/C22H27NO3S/c1-14-8-10-17(12-15(14)2)18-13-27-21(20(18)22(25)26-3)23-19(24)11-9-16-6-4-5-7-16/h8,10,12-13,16H,4-7,9,11H2,1-3H3,(H,23,24). The Hall–Kier alpha value is -2.14. The summed E-state index contributed by atoms with van der Waals surface area (Å²) in [4.78, 5) is 24.8. The lowest BCUT2D eigenvalue weighted by Crippen LogP contribution is -2.14. The Labute approximate surface area is 164 Å². The summed E-state index contributed by atoms with van der Waals surface area (Å²) in [5.41, 5.74) is 4.58. The van der Waals surface area contributed by atoms with E-state index in [1.54, 1.807) is 0 Å². The van der Waals surface area contributed by atoms with Crippen molar-refractivity contribution in [2.45, 2.75) is 52.4 Å². The first kappa shape index (κ1) is 19.6. The average Bonchev–Trinajstić information content (AvgIpc) is 3.31. The molecule has 1 amide bonds. The number of ether oxygens (including phenoxy) is 1. The molecule has 3 rings (SSSR count). The van der Waals surface area contributed by atoms with Crippen LogP contribution in [0, 0.1) is 19.8 Å². The number of anilines is 1. The van der Waals surface area contributed by atoms with Crippen molar-refractivity contribution in [3.63, 3.8) is 0 Å². The van der Waals surface area contributed by atoms with E-state index in [1.165, 1.54) is 49.7 Å². The number of thiophene rings is 1. The number of esters is 1. The molecule has 144 valence electrons. The largest absolute Gasteiger partial charge is 0.465 e. The highest BCUT2D eigenvalue weighted by molar-refractivity contribution is 7.15. The molecule has 1 heterocycles. The Morgan fingerprint density at radius 1 is 1.19 bits per heavy atom. The van der Waals surface area contributed by atoms with Crippen LogP contribution < -0.4 is 5.32 Å². The van der Waals surface area contributed by atoms with Gasteiger partial charge in [-0.05, 0) is 42.9 Å². The number of nitrogens with one attached hydrogen (secondary N) is 1.